The molecule has 1 atom stereocenters. The highest BCUT2D eigenvalue weighted by Crippen LogP contribution is 2.23. The average Bonchev–Trinajstić information content (AvgIpc) is 2.80. The van der Waals surface area contributed by atoms with E-state index >= 15 is 0 Å². The second-order valence-electron chi connectivity index (χ2n) is 7.38. The fourth-order valence-electron chi connectivity index (χ4n) is 2.37. The first-order valence-electron chi connectivity index (χ1n) is 8.39. The van der Waals surface area contributed by atoms with E-state index in [1.54, 1.807) is 52.8 Å². The molecule has 2 amide bonds. The molecule has 2 rings (SSSR count). The van der Waals surface area contributed by atoms with Crippen molar-refractivity contribution >= 4 is 27.9 Å². The molecule has 0 saturated carbocycles. The molecule has 27 heavy (non-hydrogen) atoms. The second-order valence-corrected chi connectivity index (χ2v) is 9.04. The molecule has 0 bridgehead atoms. The van der Waals surface area contributed by atoms with Gasteiger partial charge in [-0.1, -0.05) is 26.0 Å². The number of carbonyl (C=O) groups is 2. The van der Waals surface area contributed by atoms with Crippen LogP contribution in [0.3, 0.4) is 0 Å². The summed E-state index contributed by atoms with van der Waals surface area (Å²) in [4.78, 5) is 28.5. The van der Waals surface area contributed by atoms with Crippen LogP contribution in [0, 0.1) is 5.92 Å². The van der Waals surface area contributed by atoms with Crippen LogP contribution in [0.1, 0.15) is 40.2 Å². The molecular formula is C17H24N4O5S. The van der Waals surface area contributed by atoms with Crippen LogP contribution in [-0.2, 0) is 19.6 Å². The molecule has 0 saturated heterocycles. The molecule has 3 N–H and O–H groups in total. The summed E-state index contributed by atoms with van der Waals surface area (Å²) in [7, 11) is -3.70. The number of nitrogens with zero attached hydrogens (tertiary/aromatic N) is 1. The smallest absolute Gasteiger partial charge is 0.426 e. The van der Waals surface area contributed by atoms with Crippen molar-refractivity contribution in [1.29, 1.82) is 0 Å². The summed E-state index contributed by atoms with van der Waals surface area (Å²) in [5, 5.41) is 0. The van der Waals surface area contributed by atoms with Gasteiger partial charge in [-0.2, -0.15) is 0 Å². The molecule has 0 radical (unpaired) electrons. The lowest BCUT2D eigenvalue weighted by atomic mass is 10.0. The van der Waals surface area contributed by atoms with E-state index < -0.39 is 33.7 Å². The van der Waals surface area contributed by atoms with Crippen molar-refractivity contribution in [2.45, 2.75) is 51.2 Å². The van der Waals surface area contributed by atoms with Crippen molar-refractivity contribution in [3.8, 4) is 0 Å². The van der Waals surface area contributed by atoms with Crippen molar-refractivity contribution in [1.82, 2.24) is 15.6 Å². The topological polar surface area (TPSA) is 126 Å². The highest BCUT2D eigenvalue weighted by atomic mass is 32.2. The lowest BCUT2D eigenvalue weighted by Gasteiger charge is -2.21. The number of fused-ring (bicyclic) bond motifs is 1. The Balaban J connectivity index is 2.18. The molecule has 1 aromatic carbocycles. The number of benzene rings is 1. The number of nitrogens with one attached hydrogen (secondary N) is 3. The zero-order valence-electron chi connectivity index (χ0n) is 15.9. The monoisotopic (exact) mass is 396 g/mol. The Morgan fingerprint density at radius 1 is 1.15 bits per heavy atom. The lowest BCUT2D eigenvalue weighted by Crippen LogP contribution is -2.49. The lowest BCUT2D eigenvalue weighted by molar-refractivity contribution is -0.124. The number of sulfonamides is 1. The molecule has 0 aromatic heterocycles. The molecule has 148 valence electrons. The van der Waals surface area contributed by atoms with Gasteiger partial charge in [-0.15, -0.1) is 0 Å². The van der Waals surface area contributed by atoms with Crippen LogP contribution in [-0.4, -0.2) is 37.9 Å². The first-order chi connectivity index (χ1) is 12.4. The number of rotatable bonds is 3. The first-order valence-corrected chi connectivity index (χ1v) is 9.88. The Hall–Kier alpha value is -2.62. The van der Waals surface area contributed by atoms with Crippen molar-refractivity contribution in [2.24, 2.45) is 10.9 Å². The molecule has 1 heterocycles. The Labute approximate surface area is 158 Å². The molecule has 9 nitrogen and oxygen atoms in total. The third-order valence-electron chi connectivity index (χ3n) is 3.52. The zero-order valence-corrected chi connectivity index (χ0v) is 16.7. The van der Waals surface area contributed by atoms with Gasteiger partial charge in [0.25, 0.3) is 15.9 Å². The minimum atomic E-state index is -3.70. The van der Waals surface area contributed by atoms with Crippen molar-refractivity contribution < 1.29 is 22.7 Å². The molecule has 0 unspecified atom stereocenters. The Morgan fingerprint density at radius 2 is 1.78 bits per heavy atom. The van der Waals surface area contributed by atoms with Crippen LogP contribution in [0.5, 0.6) is 0 Å². The molecule has 0 spiro atoms. The molecule has 1 aliphatic heterocycles. The van der Waals surface area contributed by atoms with Gasteiger partial charge in [0, 0.05) is 5.56 Å². The number of aliphatic imine (C=N–C) groups is 1. The number of hydrazine groups is 1. The van der Waals surface area contributed by atoms with Gasteiger partial charge in [-0.25, -0.2) is 18.6 Å². The van der Waals surface area contributed by atoms with E-state index in [1.807, 2.05) is 0 Å². The fraction of sp³-hybridized carbons (Fsp3) is 0.471. The van der Waals surface area contributed by atoms with Gasteiger partial charge >= 0.3 is 6.09 Å². The van der Waals surface area contributed by atoms with Crippen LogP contribution in [0.15, 0.2) is 34.2 Å². The number of amidine groups is 1. The molecule has 1 aliphatic rings. The van der Waals surface area contributed by atoms with Crippen LogP contribution in [0.25, 0.3) is 0 Å². The number of hydrogen-bond acceptors (Lipinski definition) is 6. The summed E-state index contributed by atoms with van der Waals surface area (Å²) < 4.78 is 31.7. The predicted molar refractivity (Wildman–Crippen MR) is 99.4 cm³/mol. The van der Waals surface area contributed by atoms with Gasteiger partial charge in [-0.05, 0) is 38.8 Å². The van der Waals surface area contributed by atoms with Crippen LogP contribution >= 0.6 is 0 Å². The summed E-state index contributed by atoms with van der Waals surface area (Å²) >= 11 is 0. The Kier molecular flexibility index (Phi) is 5.79. The molecule has 0 aliphatic carbocycles. The summed E-state index contributed by atoms with van der Waals surface area (Å²) in [6.45, 7) is 8.61. The highest BCUT2D eigenvalue weighted by molar-refractivity contribution is 7.90. The quantitative estimate of drug-likeness (QED) is 0.664. The van der Waals surface area contributed by atoms with Crippen molar-refractivity contribution in [3.63, 3.8) is 0 Å². The maximum absolute atomic E-state index is 12.5. The van der Waals surface area contributed by atoms with E-state index in [-0.39, 0.29) is 16.6 Å². The number of amides is 2. The van der Waals surface area contributed by atoms with Crippen LogP contribution in [0.2, 0.25) is 0 Å². The van der Waals surface area contributed by atoms with E-state index in [9.17, 15) is 18.0 Å². The van der Waals surface area contributed by atoms with Gasteiger partial charge in [0.15, 0.2) is 0 Å². The van der Waals surface area contributed by atoms with E-state index in [1.165, 1.54) is 6.07 Å². The maximum atomic E-state index is 12.5. The van der Waals surface area contributed by atoms with Gasteiger partial charge in [-0.3, -0.25) is 19.9 Å². The minimum absolute atomic E-state index is 0.0942. The summed E-state index contributed by atoms with van der Waals surface area (Å²) in [5.74, 6) is -0.751. The molecular weight excluding hydrogens is 372 g/mol. The summed E-state index contributed by atoms with van der Waals surface area (Å²) in [6.07, 6.45) is -0.807. The summed E-state index contributed by atoms with van der Waals surface area (Å²) in [5.41, 5.74) is 4.11. The molecule has 1 aromatic rings. The first kappa shape index (κ1) is 20.7. The van der Waals surface area contributed by atoms with Gasteiger partial charge in [0.05, 0.1) is 4.90 Å². The van der Waals surface area contributed by atoms with Crippen molar-refractivity contribution in [2.75, 3.05) is 0 Å². The largest absolute Gasteiger partial charge is 0.443 e. The SMILES string of the molecule is CC(C)[C@@H](N=C1NS(=O)(=O)c2ccccc21)C(=O)NNC(=O)OC(C)(C)C. The van der Waals surface area contributed by atoms with Crippen LogP contribution in [0.4, 0.5) is 4.79 Å². The third kappa shape index (κ3) is 5.19. The number of carbonyl (C=O) groups excluding carboxylic acids is 2. The number of ether oxygens (including phenoxy) is 1. The van der Waals surface area contributed by atoms with Gasteiger partial charge < -0.3 is 4.74 Å². The number of hydrogen-bond donors (Lipinski definition) is 3. The van der Waals surface area contributed by atoms with Gasteiger partial charge in [0.1, 0.15) is 17.5 Å². The molecule has 0 fully saturated rings. The third-order valence-corrected chi connectivity index (χ3v) is 4.91. The van der Waals surface area contributed by atoms with E-state index in [0.29, 0.717) is 5.56 Å². The van der Waals surface area contributed by atoms with Crippen molar-refractivity contribution in [3.05, 3.63) is 29.8 Å². The van der Waals surface area contributed by atoms with E-state index in [0.717, 1.165) is 0 Å². The minimum Gasteiger partial charge on any atom is -0.443 e. The van der Waals surface area contributed by atoms with Crippen LogP contribution < -0.4 is 15.6 Å². The zero-order chi connectivity index (χ0) is 20.4. The second kappa shape index (κ2) is 7.55. The van der Waals surface area contributed by atoms with E-state index in [4.69, 9.17) is 4.74 Å². The maximum Gasteiger partial charge on any atom is 0.426 e. The Morgan fingerprint density at radius 3 is 2.37 bits per heavy atom. The predicted octanol–water partition coefficient (Wildman–Crippen LogP) is 1.31. The normalized spacial score (nSPS) is 17.8. The fourth-order valence-corrected chi connectivity index (χ4v) is 3.61. The van der Waals surface area contributed by atoms with E-state index in [2.05, 4.69) is 20.6 Å². The van der Waals surface area contributed by atoms with Gasteiger partial charge in [0.2, 0.25) is 0 Å². The highest BCUT2D eigenvalue weighted by Gasteiger charge is 2.32. The Bertz CT molecular complexity index is 872. The molecule has 10 heteroatoms. The summed E-state index contributed by atoms with van der Waals surface area (Å²) in [6, 6.07) is 5.45. The standard InChI is InChI=1S/C17H24N4O5S/c1-10(2)13(15(22)19-20-16(23)26-17(3,4)5)18-14-11-8-6-7-9-12(11)27(24,25)21-14/h6-10,13H,1-5H3,(H,18,21)(H,19,22)(H,20,23)/t13-/m1/s1. The average molecular weight is 396 g/mol.